The number of aromatic nitrogens is 2. The zero-order valence-corrected chi connectivity index (χ0v) is 13.0. The summed E-state index contributed by atoms with van der Waals surface area (Å²) in [4.78, 5) is 11.9. The minimum absolute atomic E-state index is 0.0850. The Labute approximate surface area is 136 Å². The van der Waals surface area contributed by atoms with Crippen LogP contribution in [0.5, 0.6) is 0 Å². The Morgan fingerprint density at radius 3 is 2.83 bits per heavy atom. The van der Waals surface area contributed by atoms with Crippen LogP contribution in [-0.2, 0) is 19.1 Å². The Morgan fingerprint density at radius 2 is 2.12 bits per heavy atom. The van der Waals surface area contributed by atoms with E-state index in [2.05, 4.69) is 20.8 Å². The van der Waals surface area contributed by atoms with E-state index in [9.17, 15) is 18.0 Å². The van der Waals surface area contributed by atoms with E-state index in [1.165, 1.54) is 12.1 Å². The Balaban J connectivity index is 2.14. The first-order valence-electron chi connectivity index (χ1n) is 7.62. The topological polar surface area (TPSA) is 69.8 Å². The maximum absolute atomic E-state index is 13.1. The van der Waals surface area contributed by atoms with Crippen LogP contribution < -0.4 is 16.2 Å². The smallest absolute Gasteiger partial charge is 0.383 e. The van der Waals surface area contributed by atoms with E-state index in [1.807, 2.05) is 0 Å². The van der Waals surface area contributed by atoms with Gasteiger partial charge in [-0.25, -0.2) is 5.10 Å². The van der Waals surface area contributed by atoms with Crippen LogP contribution in [0.3, 0.4) is 0 Å². The third kappa shape index (κ3) is 3.01. The maximum Gasteiger partial charge on any atom is 0.416 e. The fourth-order valence-electron chi connectivity index (χ4n) is 2.96. The lowest BCUT2D eigenvalue weighted by molar-refractivity contribution is -0.138. The third-order valence-corrected chi connectivity index (χ3v) is 4.04. The zero-order chi connectivity index (χ0) is 17.3. The van der Waals surface area contributed by atoms with E-state index < -0.39 is 11.7 Å². The Morgan fingerprint density at radius 1 is 1.33 bits per heavy atom. The summed E-state index contributed by atoms with van der Waals surface area (Å²) in [5.74, 6) is 0. The summed E-state index contributed by atoms with van der Waals surface area (Å²) in [5, 5.41) is 12.4. The predicted molar refractivity (Wildman–Crippen MR) is 84.9 cm³/mol. The van der Waals surface area contributed by atoms with E-state index in [1.54, 1.807) is 7.05 Å². The van der Waals surface area contributed by atoms with E-state index in [4.69, 9.17) is 0 Å². The molecule has 0 saturated heterocycles. The third-order valence-electron chi connectivity index (χ3n) is 4.04. The van der Waals surface area contributed by atoms with Crippen molar-refractivity contribution in [1.29, 1.82) is 0 Å². The summed E-state index contributed by atoms with van der Waals surface area (Å²) in [7, 11) is 1.59. The highest BCUT2D eigenvalue weighted by molar-refractivity contribution is 5.77. The summed E-state index contributed by atoms with van der Waals surface area (Å²) < 4.78 is 39.4. The van der Waals surface area contributed by atoms with Gasteiger partial charge < -0.3 is 10.6 Å². The number of hydrogen-bond donors (Lipinski definition) is 3. The zero-order valence-electron chi connectivity index (χ0n) is 13.0. The van der Waals surface area contributed by atoms with Crippen LogP contribution in [0.2, 0.25) is 0 Å². The maximum atomic E-state index is 13.1. The molecule has 0 radical (unpaired) electrons. The summed E-state index contributed by atoms with van der Waals surface area (Å²) >= 11 is 0. The number of anilines is 1. The molecule has 1 aromatic heterocycles. The molecule has 1 aromatic carbocycles. The highest BCUT2D eigenvalue weighted by Gasteiger charge is 2.33. The fourth-order valence-corrected chi connectivity index (χ4v) is 2.96. The van der Waals surface area contributed by atoms with Crippen LogP contribution in [0.25, 0.3) is 11.3 Å². The number of H-pyrrole nitrogens is 1. The first-order chi connectivity index (χ1) is 11.4. The quantitative estimate of drug-likeness (QED) is 0.804. The van der Waals surface area contributed by atoms with Gasteiger partial charge in [0.15, 0.2) is 0 Å². The normalized spacial score (nSPS) is 14.2. The van der Waals surface area contributed by atoms with Crippen LogP contribution in [0.4, 0.5) is 18.9 Å². The number of benzene rings is 1. The Hall–Kier alpha value is -2.35. The highest BCUT2D eigenvalue weighted by atomic mass is 19.4. The highest BCUT2D eigenvalue weighted by Crippen LogP contribution is 2.36. The van der Waals surface area contributed by atoms with E-state index in [0.29, 0.717) is 35.5 Å². The van der Waals surface area contributed by atoms with E-state index in [0.717, 1.165) is 12.5 Å². The summed E-state index contributed by atoms with van der Waals surface area (Å²) in [5.41, 5.74) is 1.42. The SMILES string of the molecule is CNCc1cc(-c2n[nH]c(=O)c3c2NCCC3)ccc1C(F)(F)F. The van der Waals surface area contributed by atoms with Crippen molar-refractivity contribution < 1.29 is 13.2 Å². The molecule has 5 nitrogen and oxygen atoms in total. The lowest BCUT2D eigenvalue weighted by Crippen LogP contribution is -2.24. The van der Waals surface area contributed by atoms with E-state index in [-0.39, 0.29) is 17.7 Å². The van der Waals surface area contributed by atoms with Crippen molar-refractivity contribution >= 4 is 5.69 Å². The molecule has 0 bridgehead atoms. The molecule has 0 amide bonds. The minimum atomic E-state index is -4.42. The molecule has 0 saturated carbocycles. The molecule has 24 heavy (non-hydrogen) atoms. The molecule has 0 atom stereocenters. The lowest BCUT2D eigenvalue weighted by atomic mass is 9.97. The first kappa shape index (κ1) is 16.5. The van der Waals surface area contributed by atoms with E-state index >= 15 is 0 Å². The summed E-state index contributed by atoms with van der Waals surface area (Å²) in [6.07, 6.45) is -2.96. The van der Waals surface area contributed by atoms with Crippen molar-refractivity contribution in [3.63, 3.8) is 0 Å². The van der Waals surface area contributed by atoms with Gasteiger partial charge in [0, 0.05) is 24.2 Å². The standard InChI is InChI=1S/C16H17F3N4O/c1-20-8-10-7-9(4-5-12(10)16(17,18)19)13-14-11(3-2-6-21-14)15(24)23-22-13/h4-5,7,20-21H,2-3,6,8H2,1H3,(H,23,24). The molecule has 1 aliphatic heterocycles. The number of fused-ring (bicyclic) bond motifs is 1. The second-order valence-electron chi connectivity index (χ2n) is 5.69. The molecule has 3 rings (SSSR count). The summed E-state index contributed by atoms with van der Waals surface area (Å²) in [6, 6.07) is 3.92. The summed E-state index contributed by atoms with van der Waals surface area (Å²) in [6.45, 7) is 0.788. The monoisotopic (exact) mass is 338 g/mol. The van der Waals surface area contributed by atoms with Crippen LogP contribution in [-0.4, -0.2) is 23.8 Å². The first-order valence-corrected chi connectivity index (χ1v) is 7.62. The van der Waals surface area contributed by atoms with Crippen LogP contribution in [0.15, 0.2) is 23.0 Å². The van der Waals surface area contributed by atoms with Gasteiger partial charge in [-0.05, 0) is 37.6 Å². The van der Waals surface area contributed by atoms with Gasteiger partial charge in [0.2, 0.25) is 0 Å². The Bertz CT molecular complexity index is 814. The van der Waals surface area contributed by atoms with Gasteiger partial charge in [-0.1, -0.05) is 6.07 Å². The van der Waals surface area contributed by atoms with Crippen molar-refractivity contribution in [1.82, 2.24) is 15.5 Å². The molecule has 0 unspecified atom stereocenters. The van der Waals surface area contributed by atoms with Gasteiger partial charge in [-0.2, -0.15) is 18.3 Å². The molecule has 0 spiro atoms. The molecule has 128 valence electrons. The molecule has 0 aliphatic carbocycles. The van der Waals surface area contributed by atoms with Crippen molar-refractivity contribution in [2.24, 2.45) is 0 Å². The number of alkyl halides is 3. The van der Waals surface area contributed by atoms with Crippen molar-refractivity contribution in [2.45, 2.75) is 25.6 Å². The van der Waals surface area contributed by atoms with Crippen molar-refractivity contribution in [2.75, 3.05) is 18.9 Å². The van der Waals surface area contributed by atoms with Crippen LogP contribution in [0, 0.1) is 0 Å². The van der Waals surface area contributed by atoms with Gasteiger partial charge in [0.05, 0.1) is 11.3 Å². The molecule has 2 aromatic rings. The molecule has 1 aliphatic rings. The second kappa shape index (κ2) is 6.27. The second-order valence-corrected chi connectivity index (χ2v) is 5.69. The minimum Gasteiger partial charge on any atom is -0.383 e. The lowest BCUT2D eigenvalue weighted by Gasteiger charge is -2.20. The molecular weight excluding hydrogens is 321 g/mol. The molecular formula is C16H17F3N4O. The number of nitrogens with zero attached hydrogens (tertiary/aromatic N) is 1. The largest absolute Gasteiger partial charge is 0.416 e. The van der Waals surface area contributed by atoms with Crippen molar-refractivity contribution in [3.8, 4) is 11.3 Å². The fraction of sp³-hybridized carbons (Fsp3) is 0.375. The van der Waals surface area contributed by atoms with Crippen LogP contribution in [0.1, 0.15) is 23.1 Å². The van der Waals surface area contributed by atoms with Gasteiger partial charge in [-0.3, -0.25) is 4.79 Å². The van der Waals surface area contributed by atoms with Crippen molar-refractivity contribution in [3.05, 3.63) is 45.2 Å². The predicted octanol–water partition coefficient (Wildman–Crippen LogP) is 2.53. The van der Waals surface area contributed by atoms with Gasteiger partial charge >= 0.3 is 6.18 Å². The number of aromatic amines is 1. The average Bonchev–Trinajstić information content (AvgIpc) is 2.55. The van der Waals surface area contributed by atoms with Gasteiger partial charge in [-0.15, -0.1) is 0 Å². The molecule has 3 N–H and O–H groups in total. The molecule has 2 heterocycles. The average molecular weight is 338 g/mol. The number of nitrogens with one attached hydrogen (secondary N) is 3. The molecule has 8 heteroatoms. The van der Waals surface area contributed by atoms with Gasteiger partial charge in [0.25, 0.3) is 5.56 Å². The molecule has 0 fully saturated rings. The number of hydrogen-bond acceptors (Lipinski definition) is 4. The Kier molecular flexibility index (Phi) is 4.31. The number of rotatable bonds is 3. The van der Waals surface area contributed by atoms with Crippen LogP contribution >= 0.6 is 0 Å². The number of halogens is 3. The van der Waals surface area contributed by atoms with Gasteiger partial charge in [0.1, 0.15) is 5.69 Å².